The van der Waals surface area contributed by atoms with Gasteiger partial charge < -0.3 is 16.0 Å². The molecule has 0 fully saturated rings. The number of amides is 2. The predicted molar refractivity (Wildman–Crippen MR) is 126 cm³/mol. The number of carbonyl (C=O) groups excluding carboxylic acids is 2. The highest BCUT2D eigenvalue weighted by atomic mass is 32.2. The molecule has 1 aliphatic rings. The van der Waals surface area contributed by atoms with E-state index >= 15 is 0 Å². The first-order chi connectivity index (χ1) is 15.6. The van der Waals surface area contributed by atoms with E-state index in [0.717, 1.165) is 22.2 Å². The Balaban J connectivity index is 1.77. The minimum absolute atomic E-state index is 0.0669. The van der Waals surface area contributed by atoms with Gasteiger partial charge in [0.1, 0.15) is 11.6 Å². The Hall–Kier alpha value is -3.17. The molecule has 0 aliphatic heterocycles. The molecule has 0 spiro atoms. The Morgan fingerprint density at radius 1 is 1.06 bits per heavy atom. The monoisotopic (exact) mass is 468 g/mol. The number of benzene rings is 2. The van der Waals surface area contributed by atoms with Gasteiger partial charge in [0, 0.05) is 23.0 Å². The summed E-state index contributed by atoms with van der Waals surface area (Å²) in [6.45, 7) is 3.55. The molecule has 4 rings (SSSR count). The molecular formula is C24H28N4O4S. The molecule has 2 atom stereocenters. The highest BCUT2D eigenvalue weighted by Crippen LogP contribution is 2.35. The van der Waals surface area contributed by atoms with E-state index in [0.29, 0.717) is 6.42 Å². The third-order valence-electron chi connectivity index (χ3n) is 6.26. The van der Waals surface area contributed by atoms with Gasteiger partial charge >= 0.3 is 0 Å². The van der Waals surface area contributed by atoms with Gasteiger partial charge in [-0.1, -0.05) is 50.2 Å². The number of fused-ring (bicyclic) bond motifs is 3. The number of aromatic amines is 1. The van der Waals surface area contributed by atoms with Gasteiger partial charge in [-0.15, -0.1) is 0 Å². The Labute approximate surface area is 193 Å². The van der Waals surface area contributed by atoms with Crippen LogP contribution in [0.5, 0.6) is 0 Å². The van der Waals surface area contributed by atoms with Crippen molar-refractivity contribution in [2.24, 2.45) is 11.7 Å². The van der Waals surface area contributed by atoms with E-state index in [1.54, 1.807) is 32.0 Å². The normalized spacial score (nSPS) is 19.2. The molecule has 3 aromatic rings. The van der Waals surface area contributed by atoms with E-state index in [2.05, 4.69) is 15.0 Å². The summed E-state index contributed by atoms with van der Waals surface area (Å²) in [5.41, 5.74) is 6.84. The molecule has 33 heavy (non-hydrogen) atoms. The van der Waals surface area contributed by atoms with E-state index in [1.165, 1.54) is 12.1 Å². The van der Waals surface area contributed by atoms with Crippen LogP contribution in [-0.2, 0) is 32.5 Å². The molecule has 174 valence electrons. The van der Waals surface area contributed by atoms with Crippen molar-refractivity contribution < 1.29 is 18.0 Å². The molecule has 9 heteroatoms. The Kier molecular flexibility index (Phi) is 6.02. The van der Waals surface area contributed by atoms with Crippen molar-refractivity contribution >= 4 is 32.7 Å². The summed E-state index contributed by atoms with van der Waals surface area (Å²) in [7, 11) is -4.02. The molecule has 0 unspecified atom stereocenters. The van der Waals surface area contributed by atoms with Crippen molar-refractivity contribution in [1.29, 1.82) is 0 Å². The number of para-hydroxylation sites is 1. The Morgan fingerprint density at radius 2 is 1.73 bits per heavy atom. The molecule has 0 saturated carbocycles. The molecule has 8 nitrogen and oxygen atoms in total. The number of aryl methyl sites for hydroxylation is 1. The molecule has 1 aromatic heterocycles. The van der Waals surface area contributed by atoms with Crippen LogP contribution in [0.15, 0.2) is 59.5 Å². The molecule has 1 aliphatic carbocycles. The van der Waals surface area contributed by atoms with E-state index in [-0.39, 0.29) is 23.7 Å². The second-order valence-corrected chi connectivity index (χ2v) is 10.6. The lowest BCUT2D eigenvalue weighted by molar-refractivity contribution is -0.132. The molecule has 2 aromatic carbocycles. The van der Waals surface area contributed by atoms with Crippen molar-refractivity contribution in [3.8, 4) is 0 Å². The third-order valence-corrected chi connectivity index (χ3v) is 7.81. The fourth-order valence-electron chi connectivity index (χ4n) is 4.49. The number of sulfonamides is 1. The van der Waals surface area contributed by atoms with Crippen molar-refractivity contribution in [1.82, 2.24) is 15.0 Å². The van der Waals surface area contributed by atoms with E-state index in [9.17, 15) is 18.0 Å². The zero-order valence-electron chi connectivity index (χ0n) is 18.6. The summed E-state index contributed by atoms with van der Waals surface area (Å²) in [5.74, 6) is -1.47. The van der Waals surface area contributed by atoms with Crippen molar-refractivity contribution in [3.63, 3.8) is 0 Å². The number of H-pyrrole nitrogens is 1. The third kappa shape index (κ3) is 4.38. The van der Waals surface area contributed by atoms with Crippen LogP contribution in [-0.4, -0.2) is 36.8 Å². The largest absolute Gasteiger partial charge is 0.368 e. The molecule has 0 radical (unpaired) electrons. The van der Waals surface area contributed by atoms with Crippen LogP contribution in [0.1, 0.15) is 31.5 Å². The Bertz CT molecular complexity index is 1300. The first-order valence-electron chi connectivity index (χ1n) is 10.9. The van der Waals surface area contributed by atoms with Crippen molar-refractivity contribution in [3.05, 3.63) is 65.9 Å². The smallest absolute Gasteiger partial charge is 0.242 e. The zero-order valence-corrected chi connectivity index (χ0v) is 19.4. The van der Waals surface area contributed by atoms with E-state index < -0.39 is 33.4 Å². The fraction of sp³-hybridized carbons (Fsp3) is 0.333. The van der Waals surface area contributed by atoms with Crippen LogP contribution >= 0.6 is 0 Å². The van der Waals surface area contributed by atoms with Gasteiger partial charge in [0.05, 0.1) is 4.90 Å². The number of hydrogen-bond acceptors (Lipinski definition) is 4. The summed E-state index contributed by atoms with van der Waals surface area (Å²) >= 11 is 0. The average molecular weight is 469 g/mol. The second-order valence-electron chi connectivity index (χ2n) is 8.90. The van der Waals surface area contributed by atoms with Gasteiger partial charge in [-0.05, 0) is 42.5 Å². The minimum Gasteiger partial charge on any atom is -0.368 e. The molecule has 0 saturated heterocycles. The number of hydrogen-bond donors (Lipinski definition) is 4. The second kappa shape index (κ2) is 8.64. The molecule has 1 heterocycles. The van der Waals surface area contributed by atoms with Gasteiger partial charge in [0.2, 0.25) is 21.8 Å². The van der Waals surface area contributed by atoms with Crippen LogP contribution in [0.2, 0.25) is 0 Å². The lowest BCUT2D eigenvalue weighted by Gasteiger charge is -2.37. The molecule has 5 N–H and O–H groups in total. The summed E-state index contributed by atoms with van der Waals surface area (Å²) < 4.78 is 29.3. The number of nitrogens with one attached hydrogen (secondary N) is 3. The van der Waals surface area contributed by atoms with Crippen LogP contribution in [0, 0.1) is 5.92 Å². The number of carbonyl (C=O) groups is 2. The van der Waals surface area contributed by atoms with E-state index in [1.807, 2.05) is 24.3 Å². The topological polar surface area (TPSA) is 134 Å². The summed E-state index contributed by atoms with van der Waals surface area (Å²) in [4.78, 5) is 29.1. The average Bonchev–Trinajstić information content (AvgIpc) is 3.15. The highest BCUT2D eigenvalue weighted by molar-refractivity contribution is 7.89. The fourth-order valence-corrected chi connectivity index (χ4v) is 5.90. The summed E-state index contributed by atoms with van der Waals surface area (Å²) in [6.07, 6.45) is 0.847. The number of rotatable bonds is 7. The minimum atomic E-state index is -4.02. The maximum absolute atomic E-state index is 13.7. The van der Waals surface area contributed by atoms with Gasteiger partial charge in [-0.3, -0.25) is 9.59 Å². The highest BCUT2D eigenvalue weighted by Gasteiger charge is 2.46. The van der Waals surface area contributed by atoms with Crippen molar-refractivity contribution in [2.75, 3.05) is 0 Å². The molecule has 0 bridgehead atoms. The van der Waals surface area contributed by atoms with Gasteiger partial charge in [0.15, 0.2) is 0 Å². The number of nitrogens with two attached hydrogens (primary N) is 1. The molecule has 2 amide bonds. The van der Waals surface area contributed by atoms with Crippen LogP contribution in [0.4, 0.5) is 0 Å². The number of primary amides is 1. The van der Waals surface area contributed by atoms with Crippen LogP contribution in [0.3, 0.4) is 0 Å². The SMILES string of the molecule is CC(C)[C@H](NC(=O)[C@]1(NS(=O)(=O)c2ccccc2)CCc2[nH]c3ccccc3c2C1)C(N)=O. The van der Waals surface area contributed by atoms with Gasteiger partial charge in [-0.2, -0.15) is 4.72 Å². The van der Waals surface area contributed by atoms with Gasteiger partial charge in [-0.25, -0.2) is 8.42 Å². The summed E-state index contributed by atoms with van der Waals surface area (Å²) in [6, 6.07) is 14.7. The maximum atomic E-state index is 13.7. The predicted octanol–water partition coefficient (Wildman–Crippen LogP) is 2.00. The van der Waals surface area contributed by atoms with E-state index in [4.69, 9.17) is 5.73 Å². The summed E-state index contributed by atoms with van der Waals surface area (Å²) in [5, 5.41) is 3.66. The maximum Gasteiger partial charge on any atom is 0.242 e. The standard InChI is InChI=1S/C24H28N4O4S/c1-15(2)21(22(25)29)27-23(30)24(28-33(31,32)16-8-4-3-5-9-16)13-12-20-18(14-24)17-10-6-7-11-19(17)26-20/h3-11,15,21,26,28H,12-14H2,1-2H3,(H2,25,29)(H,27,30)/t21-,24-/m0/s1. The van der Waals surface area contributed by atoms with Gasteiger partial charge in [0.25, 0.3) is 0 Å². The first-order valence-corrected chi connectivity index (χ1v) is 12.4. The Morgan fingerprint density at radius 3 is 2.39 bits per heavy atom. The first kappa shape index (κ1) is 23.0. The number of aromatic nitrogens is 1. The van der Waals surface area contributed by atoms with Crippen LogP contribution < -0.4 is 15.8 Å². The zero-order chi connectivity index (χ0) is 23.8. The van der Waals surface area contributed by atoms with Crippen LogP contribution in [0.25, 0.3) is 10.9 Å². The molecular weight excluding hydrogens is 440 g/mol. The van der Waals surface area contributed by atoms with Crippen molar-refractivity contribution in [2.45, 2.75) is 49.6 Å². The quantitative estimate of drug-likeness (QED) is 0.422. The lowest BCUT2D eigenvalue weighted by Crippen LogP contribution is -2.64. The lowest BCUT2D eigenvalue weighted by atomic mass is 9.79.